The SMILES string of the molecule is OCCc1nnn(-c2ccccn2)n1. The Labute approximate surface area is 80.2 Å². The van der Waals surface area contributed by atoms with Gasteiger partial charge in [-0.3, -0.25) is 0 Å². The van der Waals surface area contributed by atoms with Gasteiger partial charge in [-0.15, -0.1) is 15.0 Å². The van der Waals surface area contributed by atoms with Crippen LogP contribution in [0.4, 0.5) is 0 Å². The molecule has 0 aliphatic carbocycles. The van der Waals surface area contributed by atoms with Crippen molar-refractivity contribution in [1.82, 2.24) is 25.2 Å². The predicted molar refractivity (Wildman–Crippen MR) is 47.7 cm³/mol. The Kier molecular flexibility index (Phi) is 2.46. The first kappa shape index (κ1) is 8.76. The lowest BCUT2D eigenvalue weighted by atomic mass is 10.4. The minimum Gasteiger partial charge on any atom is -0.396 e. The van der Waals surface area contributed by atoms with Crippen LogP contribution in [0.15, 0.2) is 24.4 Å². The molecule has 2 aromatic rings. The van der Waals surface area contributed by atoms with Crippen molar-refractivity contribution in [2.45, 2.75) is 6.42 Å². The van der Waals surface area contributed by atoms with E-state index in [4.69, 9.17) is 5.11 Å². The van der Waals surface area contributed by atoms with Crippen molar-refractivity contribution in [2.75, 3.05) is 6.61 Å². The summed E-state index contributed by atoms with van der Waals surface area (Å²) in [7, 11) is 0. The van der Waals surface area contributed by atoms with Gasteiger partial charge in [0.15, 0.2) is 11.6 Å². The fraction of sp³-hybridized carbons (Fsp3) is 0.250. The van der Waals surface area contributed by atoms with Gasteiger partial charge in [0, 0.05) is 12.6 Å². The van der Waals surface area contributed by atoms with Crippen molar-refractivity contribution in [3.8, 4) is 5.82 Å². The second-order valence-corrected chi connectivity index (χ2v) is 2.66. The van der Waals surface area contributed by atoms with Crippen LogP contribution < -0.4 is 0 Å². The van der Waals surface area contributed by atoms with Gasteiger partial charge in [0.1, 0.15) is 0 Å². The molecular formula is C8H9N5O. The minimum absolute atomic E-state index is 0.0217. The summed E-state index contributed by atoms with van der Waals surface area (Å²) in [5.41, 5.74) is 0. The third-order valence-electron chi connectivity index (χ3n) is 1.64. The van der Waals surface area contributed by atoms with Crippen LogP contribution in [-0.2, 0) is 6.42 Å². The van der Waals surface area contributed by atoms with E-state index in [0.29, 0.717) is 18.1 Å². The van der Waals surface area contributed by atoms with Gasteiger partial charge in [-0.05, 0) is 17.3 Å². The molecule has 0 fully saturated rings. The normalized spacial score (nSPS) is 10.4. The fourth-order valence-electron chi connectivity index (χ4n) is 1.01. The summed E-state index contributed by atoms with van der Waals surface area (Å²) in [6, 6.07) is 5.44. The minimum atomic E-state index is 0.0217. The molecule has 6 nitrogen and oxygen atoms in total. The molecule has 0 aliphatic rings. The maximum atomic E-state index is 8.67. The lowest BCUT2D eigenvalue weighted by Gasteiger charge is -1.93. The molecule has 0 spiro atoms. The van der Waals surface area contributed by atoms with Crippen molar-refractivity contribution < 1.29 is 5.11 Å². The molecule has 0 saturated heterocycles. The summed E-state index contributed by atoms with van der Waals surface area (Å²) in [5.74, 6) is 1.13. The van der Waals surface area contributed by atoms with Crippen LogP contribution in [0, 0.1) is 0 Å². The van der Waals surface area contributed by atoms with Crippen LogP contribution in [0.3, 0.4) is 0 Å². The van der Waals surface area contributed by atoms with Gasteiger partial charge in [-0.1, -0.05) is 6.07 Å². The zero-order valence-corrected chi connectivity index (χ0v) is 7.41. The first-order valence-corrected chi connectivity index (χ1v) is 4.21. The van der Waals surface area contributed by atoms with E-state index in [9.17, 15) is 0 Å². The van der Waals surface area contributed by atoms with E-state index < -0.39 is 0 Å². The largest absolute Gasteiger partial charge is 0.396 e. The highest BCUT2D eigenvalue weighted by molar-refractivity contribution is 5.16. The quantitative estimate of drug-likeness (QED) is 0.713. The van der Waals surface area contributed by atoms with Crippen LogP contribution in [0.5, 0.6) is 0 Å². The summed E-state index contributed by atoms with van der Waals surface area (Å²) in [4.78, 5) is 5.40. The topological polar surface area (TPSA) is 76.7 Å². The number of rotatable bonds is 3. The van der Waals surface area contributed by atoms with Crippen molar-refractivity contribution in [2.24, 2.45) is 0 Å². The molecule has 14 heavy (non-hydrogen) atoms. The zero-order chi connectivity index (χ0) is 9.80. The number of hydrogen-bond donors (Lipinski definition) is 1. The van der Waals surface area contributed by atoms with E-state index in [2.05, 4.69) is 20.4 Å². The highest BCUT2D eigenvalue weighted by Crippen LogP contribution is 1.98. The molecule has 0 aliphatic heterocycles. The van der Waals surface area contributed by atoms with Crippen molar-refractivity contribution >= 4 is 0 Å². The molecule has 2 rings (SSSR count). The van der Waals surface area contributed by atoms with Gasteiger partial charge in [-0.25, -0.2) is 4.98 Å². The summed E-state index contributed by atoms with van der Waals surface area (Å²) in [6.07, 6.45) is 2.07. The molecule has 72 valence electrons. The number of aliphatic hydroxyl groups excluding tert-OH is 1. The molecule has 0 aromatic carbocycles. The molecular weight excluding hydrogens is 182 g/mol. The standard InChI is InChI=1S/C8H9N5O/c14-6-4-7-10-12-13(11-7)8-3-1-2-5-9-8/h1-3,5,14H,4,6H2. The first-order chi connectivity index (χ1) is 6.90. The summed E-state index contributed by atoms with van der Waals surface area (Å²) < 4.78 is 0. The second kappa shape index (κ2) is 3.93. The van der Waals surface area contributed by atoms with Crippen molar-refractivity contribution in [3.63, 3.8) is 0 Å². The maximum Gasteiger partial charge on any atom is 0.177 e. The lowest BCUT2D eigenvalue weighted by molar-refractivity contribution is 0.296. The molecule has 2 aromatic heterocycles. The van der Waals surface area contributed by atoms with Crippen LogP contribution in [-0.4, -0.2) is 36.9 Å². The van der Waals surface area contributed by atoms with Crippen LogP contribution >= 0.6 is 0 Å². The highest BCUT2D eigenvalue weighted by Gasteiger charge is 2.03. The van der Waals surface area contributed by atoms with Gasteiger partial charge < -0.3 is 5.11 Å². The third kappa shape index (κ3) is 1.74. The van der Waals surface area contributed by atoms with E-state index in [1.807, 2.05) is 12.1 Å². The van der Waals surface area contributed by atoms with Gasteiger partial charge >= 0.3 is 0 Å². The Morgan fingerprint density at radius 1 is 1.36 bits per heavy atom. The molecule has 0 amide bonds. The molecule has 2 heterocycles. The molecule has 1 N–H and O–H groups in total. The van der Waals surface area contributed by atoms with Crippen LogP contribution in [0.25, 0.3) is 5.82 Å². The van der Waals surface area contributed by atoms with E-state index in [-0.39, 0.29) is 6.61 Å². The molecule has 6 heteroatoms. The van der Waals surface area contributed by atoms with Crippen LogP contribution in [0.1, 0.15) is 5.82 Å². The number of nitrogens with zero attached hydrogens (tertiary/aromatic N) is 5. The van der Waals surface area contributed by atoms with E-state index >= 15 is 0 Å². The average Bonchev–Trinajstić information content (AvgIpc) is 2.68. The molecule has 0 bridgehead atoms. The molecule has 0 atom stereocenters. The Balaban J connectivity index is 2.25. The van der Waals surface area contributed by atoms with Gasteiger partial charge in [0.25, 0.3) is 0 Å². The number of aromatic nitrogens is 5. The molecule has 0 saturated carbocycles. The highest BCUT2D eigenvalue weighted by atomic mass is 16.3. The molecule has 0 unspecified atom stereocenters. The summed E-state index contributed by atoms with van der Waals surface area (Å²) in [5, 5.41) is 20.3. The predicted octanol–water partition coefficient (Wildman–Crippen LogP) is -0.408. The van der Waals surface area contributed by atoms with E-state index in [0.717, 1.165) is 0 Å². The first-order valence-electron chi connectivity index (χ1n) is 4.21. The second-order valence-electron chi connectivity index (χ2n) is 2.66. The third-order valence-corrected chi connectivity index (χ3v) is 1.64. The van der Waals surface area contributed by atoms with Crippen molar-refractivity contribution in [1.29, 1.82) is 0 Å². The molecule has 0 radical (unpaired) electrons. The zero-order valence-electron chi connectivity index (χ0n) is 7.41. The smallest absolute Gasteiger partial charge is 0.177 e. The monoisotopic (exact) mass is 191 g/mol. The van der Waals surface area contributed by atoms with E-state index in [1.54, 1.807) is 12.3 Å². The number of tetrazole rings is 1. The van der Waals surface area contributed by atoms with Gasteiger partial charge in [0.05, 0.1) is 6.61 Å². The Bertz CT molecular complexity index is 399. The fourth-order valence-corrected chi connectivity index (χ4v) is 1.01. The summed E-state index contributed by atoms with van der Waals surface area (Å²) >= 11 is 0. The van der Waals surface area contributed by atoms with Crippen molar-refractivity contribution in [3.05, 3.63) is 30.2 Å². The van der Waals surface area contributed by atoms with Crippen LogP contribution in [0.2, 0.25) is 0 Å². The maximum absolute atomic E-state index is 8.67. The Hall–Kier alpha value is -1.82. The Morgan fingerprint density at radius 2 is 2.29 bits per heavy atom. The number of aliphatic hydroxyl groups is 1. The lowest BCUT2D eigenvalue weighted by Crippen LogP contribution is -2.01. The van der Waals surface area contributed by atoms with E-state index in [1.165, 1.54) is 4.80 Å². The number of hydrogen-bond acceptors (Lipinski definition) is 5. The number of pyridine rings is 1. The average molecular weight is 191 g/mol. The van der Waals surface area contributed by atoms with Gasteiger partial charge in [-0.2, -0.15) is 0 Å². The Morgan fingerprint density at radius 3 is 3.00 bits per heavy atom. The van der Waals surface area contributed by atoms with Gasteiger partial charge in [0.2, 0.25) is 0 Å². The summed E-state index contributed by atoms with van der Waals surface area (Å²) in [6.45, 7) is 0.0217.